The Morgan fingerprint density at radius 2 is 1.55 bits per heavy atom. The Hall–Kier alpha value is -3.69. The van der Waals surface area contributed by atoms with E-state index in [4.69, 9.17) is 0 Å². The number of alkyl halides is 3. The van der Waals surface area contributed by atoms with Crippen molar-refractivity contribution >= 4 is 22.5 Å². The monoisotopic (exact) mass is 456 g/mol. The largest absolute Gasteiger partial charge is 0.418 e. The molecule has 0 N–H and O–H groups in total. The van der Waals surface area contributed by atoms with Crippen LogP contribution in [-0.4, -0.2) is 45.9 Å². The lowest BCUT2D eigenvalue weighted by molar-refractivity contribution is -0.137. The maximum Gasteiger partial charge on any atom is 0.418 e. The minimum Gasteiger partial charge on any atom is -0.367 e. The summed E-state index contributed by atoms with van der Waals surface area (Å²) in [6, 6.07) is 11.9. The molecule has 1 fully saturated rings. The van der Waals surface area contributed by atoms with Gasteiger partial charge in [-0.05, 0) is 29.8 Å². The summed E-state index contributed by atoms with van der Waals surface area (Å²) in [6.45, 7) is 2.33. The summed E-state index contributed by atoms with van der Waals surface area (Å²) < 4.78 is 55.2. The molecular formula is C23H20F4N6. The van der Waals surface area contributed by atoms with E-state index in [1.807, 2.05) is 4.90 Å². The average Bonchev–Trinajstić information content (AvgIpc) is 3.23. The Morgan fingerprint density at radius 3 is 2.27 bits per heavy atom. The molecule has 2 aromatic carbocycles. The van der Waals surface area contributed by atoms with E-state index >= 15 is 0 Å². The first-order valence-electron chi connectivity index (χ1n) is 10.5. The van der Waals surface area contributed by atoms with Crippen molar-refractivity contribution in [2.45, 2.75) is 12.7 Å². The van der Waals surface area contributed by atoms with Crippen LogP contribution in [0, 0.1) is 5.82 Å². The molecule has 0 saturated carbocycles. The van der Waals surface area contributed by atoms with Crippen LogP contribution < -0.4 is 9.80 Å². The molecule has 0 unspecified atom stereocenters. The summed E-state index contributed by atoms with van der Waals surface area (Å²) in [6.07, 6.45) is -1.24. The van der Waals surface area contributed by atoms with Crippen LogP contribution in [0.3, 0.4) is 0 Å². The molecule has 2 aromatic heterocycles. The molecule has 0 spiro atoms. The number of para-hydroxylation sites is 1. The molecule has 0 amide bonds. The molecule has 0 atom stereocenters. The van der Waals surface area contributed by atoms with Crippen molar-refractivity contribution in [3.05, 3.63) is 78.0 Å². The van der Waals surface area contributed by atoms with Gasteiger partial charge in [-0.2, -0.15) is 18.3 Å². The number of hydrogen-bond acceptors (Lipinski definition) is 5. The highest BCUT2D eigenvalue weighted by molar-refractivity contribution is 5.86. The Balaban J connectivity index is 1.35. The normalized spacial score (nSPS) is 14.8. The standard InChI is InChI=1S/C23H20F4N6/c24-17-7-5-16(6-8-17)14-33-22-18(13-30-33)21(28-15-29-22)32-11-9-31(10-12-32)20-4-2-1-3-19(20)23(25,26)27/h1-8,13,15H,9-12,14H2. The summed E-state index contributed by atoms with van der Waals surface area (Å²) in [4.78, 5) is 12.6. The second-order valence-corrected chi connectivity index (χ2v) is 7.85. The smallest absolute Gasteiger partial charge is 0.367 e. The lowest BCUT2D eigenvalue weighted by atomic mass is 10.1. The number of aromatic nitrogens is 4. The quantitative estimate of drug-likeness (QED) is 0.427. The molecule has 6 nitrogen and oxygen atoms in total. The summed E-state index contributed by atoms with van der Waals surface area (Å²) in [7, 11) is 0. The number of benzene rings is 2. The lowest BCUT2D eigenvalue weighted by Crippen LogP contribution is -2.47. The third kappa shape index (κ3) is 4.20. The second-order valence-electron chi connectivity index (χ2n) is 7.85. The maximum absolute atomic E-state index is 13.4. The van der Waals surface area contributed by atoms with Crippen LogP contribution in [0.25, 0.3) is 11.0 Å². The van der Waals surface area contributed by atoms with Crippen molar-refractivity contribution in [3.8, 4) is 0 Å². The first-order chi connectivity index (χ1) is 15.9. The maximum atomic E-state index is 13.4. The number of halogens is 4. The van der Waals surface area contributed by atoms with Gasteiger partial charge in [-0.1, -0.05) is 24.3 Å². The van der Waals surface area contributed by atoms with Gasteiger partial charge in [0.15, 0.2) is 5.65 Å². The molecule has 1 aliphatic heterocycles. The molecule has 5 rings (SSSR count). The zero-order chi connectivity index (χ0) is 23.0. The van der Waals surface area contributed by atoms with Gasteiger partial charge in [-0.3, -0.25) is 0 Å². The molecule has 170 valence electrons. The van der Waals surface area contributed by atoms with E-state index < -0.39 is 11.7 Å². The van der Waals surface area contributed by atoms with Crippen LogP contribution in [0.4, 0.5) is 29.1 Å². The highest BCUT2D eigenvalue weighted by Gasteiger charge is 2.35. The fraction of sp³-hybridized carbons (Fsp3) is 0.261. The van der Waals surface area contributed by atoms with E-state index in [9.17, 15) is 17.6 Å². The van der Waals surface area contributed by atoms with Gasteiger partial charge in [0.2, 0.25) is 0 Å². The first kappa shape index (κ1) is 21.2. The average molecular weight is 456 g/mol. The predicted molar refractivity (Wildman–Crippen MR) is 117 cm³/mol. The van der Waals surface area contributed by atoms with Gasteiger partial charge in [0.1, 0.15) is 18.0 Å². The lowest BCUT2D eigenvalue weighted by Gasteiger charge is -2.37. The van der Waals surface area contributed by atoms with Crippen molar-refractivity contribution in [2.75, 3.05) is 36.0 Å². The number of hydrogen-bond donors (Lipinski definition) is 0. The zero-order valence-corrected chi connectivity index (χ0v) is 17.5. The van der Waals surface area contributed by atoms with Crippen LogP contribution in [-0.2, 0) is 12.7 Å². The minimum atomic E-state index is -4.40. The van der Waals surface area contributed by atoms with Crippen LogP contribution in [0.5, 0.6) is 0 Å². The fourth-order valence-electron chi connectivity index (χ4n) is 4.16. The first-order valence-corrected chi connectivity index (χ1v) is 10.5. The topological polar surface area (TPSA) is 50.1 Å². The number of fused-ring (bicyclic) bond motifs is 1. The van der Waals surface area contributed by atoms with E-state index in [0.29, 0.717) is 44.2 Å². The highest BCUT2D eigenvalue weighted by Crippen LogP contribution is 2.37. The zero-order valence-electron chi connectivity index (χ0n) is 17.5. The summed E-state index contributed by atoms with van der Waals surface area (Å²) in [5.74, 6) is 0.403. The summed E-state index contributed by atoms with van der Waals surface area (Å²) >= 11 is 0. The molecule has 4 aromatic rings. The Bertz CT molecular complexity index is 1260. The van der Waals surface area contributed by atoms with Crippen molar-refractivity contribution in [3.63, 3.8) is 0 Å². The molecule has 0 bridgehead atoms. The van der Waals surface area contributed by atoms with E-state index in [1.54, 1.807) is 34.0 Å². The van der Waals surface area contributed by atoms with Crippen molar-refractivity contribution in [1.82, 2.24) is 19.7 Å². The third-order valence-corrected chi connectivity index (χ3v) is 5.79. The Morgan fingerprint density at radius 1 is 0.848 bits per heavy atom. The van der Waals surface area contributed by atoms with E-state index in [1.165, 1.54) is 30.6 Å². The van der Waals surface area contributed by atoms with Crippen molar-refractivity contribution in [2.24, 2.45) is 0 Å². The molecule has 33 heavy (non-hydrogen) atoms. The molecule has 1 saturated heterocycles. The fourth-order valence-corrected chi connectivity index (χ4v) is 4.16. The van der Waals surface area contributed by atoms with Crippen LogP contribution in [0.1, 0.15) is 11.1 Å². The van der Waals surface area contributed by atoms with Crippen LogP contribution in [0.15, 0.2) is 61.1 Å². The third-order valence-electron chi connectivity index (χ3n) is 5.79. The molecule has 0 aliphatic carbocycles. The highest BCUT2D eigenvalue weighted by atomic mass is 19.4. The van der Waals surface area contributed by atoms with Crippen molar-refractivity contribution in [1.29, 1.82) is 0 Å². The molecule has 1 aliphatic rings. The molecule has 0 radical (unpaired) electrons. The van der Waals surface area contributed by atoms with Gasteiger partial charge in [-0.15, -0.1) is 0 Å². The predicted octanol–water partition coefficient (Wildman–Crippen LogP) is 4.36. The number of anilines is 2. The number of rotatable bonds is 4. The van der Waals surface area contributed by atoms with E-state index in [2.05, 4.69) is 15.1 Å². The van der Waals surface area contributed by atoms with Gasteiger partial charge < -0.3 is 9.80 Å². The number of piperazine rings is 1. The van der Waals surface area contributed by atoms with Gasteiger partial charge in [0, 0.05) is 31.9 Å². The number of nitrogens with zero attached hydrogens (tertiary/aromatic N) is 6. The van der Waals surface area contributed by atoms with Crippen LogP contribution >= 0.6 is 0 Å². The minimum absolute atomic E-state index is 0.199. The SMILES string of the molecule is Fc1ccc(Cn2ncc3c(N4CCN(c5ccccc5C(F)(F)F)CC4)ncnc32)cc1. The van der Waals surface area contributed by atoms with Gasteiger partial charge >= 0.3 is 6.18 Å². The molecule has 10 heteroatoms. The van der Waals surface area contributed by atoms with Crippen LogP contribution in [0.2, 0.25) is 0 Å². The van der Waals surface area contributed by atoms with Crippen molar-refractivity contribution < 1.29 is 17.6 Å². The van der Waals surface area contributed by atoms with Gasteiger partial charge in [0.25, 0.3) is 0 Å². The summed E-state index contributed by atoms with van der Waals surface area (Å²) in [5.41, 5.74) is 1.11. The van der Waals surface area contributed by atoms with E-state index in [-0.39, 0.29) is 11.5 Å². The van der Waals surface area contributed by atoms with Gasteiger partial charge in [0.05, 0.1) is 23.7 Å². The Kier molecular flexibility index (Phi) is 5.35. The molecule has 3 heterocycles. The van der Waals surface area contributed by atoms with E-state index in [0.717, 1.165) is 17.0 Å². The Labute approximate surface area is 187 Å². The summed E-state index contributed by atoms with van der Waals surface area (Å²) in [5, 5.41) is 5.20. The molecular weight excluding hydrogens is 436 g/mol. The second kappa shape index (κ2) is 8.34. The van der Waals surface area contributed by atoms with Gasteiger partial charge in [-0.25, -0.2) is 19.0 Å².